The molecule has 9 heteroatoms. The summed E-state index contributed by atoms with van der Waals surface area (Å²) < 4.78 is 53.1. The van der Waals surface area contributed by atoms with Gasteiger partial charge in [-0.15, -0.1) is 0 Å². The Hall–Kier alpha value is -1.38. The van der Waals surface area contributed by atoms with Crippen molar-refractivity contribution in [2.24, 2.45) is 0 Å². The average molecular weight is 272 g/mol. The molecule has 96 valence electrons. The van der Waals surface area contributed by atoms with Crippen LogP contribution in [0.1, 0.15) is 9.67 Å². The van der Waals surface area contributed by atoms with Gasteiger partial charge in [0.1, 0.15) is 4.88 Å². The number of thiazole rings is 1. The van der Waals surface area contributed by atoms with Crippen molar-refractivity contribution >= 4 is 22.4 Å². The highest BCUT2D eigenvalue weighted by Gasteiger charge is 2.40. The maximum atomic E-state index is 12.5. The number of rotatable bonds is 5. The SMILES string of the molecule is COC(=O)c1cnc(NCC(F)(F)C(F)F)s1. The van der Waals surface area contributed by atoms with Crippen LogP contribution in [0.25, 0.3) is 0 Å². The van der Waals surface area contributed by atoms with Crippen molar-refractivity contribution in [3.8, 4) is 0 Å². The van der Waals surface area contributed by atoms with Crippen LogP contribution in [0.2, 0.25) is 0 Å². The molecule has 0 saturated heterocycles. The van der Waals surface area contributed by atoms with Gasteiger partial charge < -0.3 is 10.1 Å². The van der Waals surface area contributed by atoms with E-state index in [1.54, 1.807) is 0 Å². The number of carbonyl (C=O) groups excluding carboxylic acids is 1. The molecule has 0 radical (unpaired) electrons. The number of anilines is 1. The Morgan fingerprint density at radius 3 is 2.82 bits per heavy atom. The first-order chi connectivity index (χ1) is 7.86. The van der Waals surface area contributed by atoms with E-state index in [1.165, 1.54) is 0 Å². The largest absolute Gasteiger partial charge is 0.465 e. The van der Waals surface area contributed by atoms with E-state index in [1.807, 2.05) is 5.32 Å². The highest BCUT2D eigenvalue weighted by atomic mass is 32.1. The second-order valence-electron chi connectivity index (χ2n) is 2.94. The van der Waals surface area contributed by atoms with Crippen molar-refractivity contribution in [1.29, 1.82) is 0 Å². The predicted octanol–water partition coefficient (Wildman–Crippen LogP) is 2.24. The first kappa shape index (κ1) is 13.7. The summed E-state index contributed by atoms with van der Waals surface area (Å²) in [4.78, 5) is 14.7. The Kier molecular flexibility index (Phi) is 4.27. The molecule has 0 aliphatic carbocycles. The van der Waals surface area contributed by atoms with E-state index >= 15 is 0 Å². The molecule has 0 bridgehead atoms. The lowest BCUT2D eigenvalue weighted by Gasteiger charge is -2.14. The Bertz CT molecular complexity index is 397. The molecule has 1 aromatic heterocycles. The summed E-state index contributed by atoms with van der Waals surface area (Å²) >= 11 is 0.743. The molecular weight excluding hydrogens is 264 g/mol. The molecule has 1 N–H and O–H groups in total. The van der Waals surface area contributed by atoms with E-state index in [-0.39, 0.29) is 10.0 Å². The zero-order chi connectivity index (χ0) is 13.1. The molecular formula is C8H8F4N2O2S. The number of ether oxygens (including phenoxy) is 1. The Morgan fingerprint density at radius 1 is 1.65 bits per heavy atom. The first-order valence-corrected chi connectivity index (χ1v) is 5.12. The van der Waals surface area contributed by atoms with E-state index in [9.17, 15) is 22.4 Å². The molecule has 0 unspecified atom stereocenters. The highest BCUT2D eigenvalue weighted by molar-refractivity contribution is 7.17. The topological polar surface area (TPSA) is 51.2 Å². The van der Waals surface area contributed by atoms with E-state index in [2.05, 4.69) is 9.72 Å². The van der Waals surface area contributed by atoms with Crippen molar-refractivity contribution in [2.75, 3.05) is 19.0 Å². The number of hydrogen-bond acceptors (Lipinski definition) is 5. The number of methoxy groups -OCH3 is 1. The molecule has 17 heavy (non-hydrogen) atoms. The summed E-state index contributed by atoms with van der Waals surface area (Å²) in [6.07, 6.45) is -2.64. The maximum absolute atomic E-state index is 12.5. The van der Waals surface area contributed by atoms with Gasteiger partial charge in [-0.05, 0) is 0 Å². The molecule has 0 spiro atoms. The molecule has 1 aromatic rings. The van der Waals surface area contributed by atoms with Gasteiger partial charge in [0.2, 0.25) is 0 Å². The van der Waals surface area contributed by atoms with E-state index in [0.717, 1.165) is 24.6 Å². The van der Waals surface area contributed by atoms with Gasteiger partial charge in [-0.25, -0.2) is 18.6 Å². The molecule has 0 fully saturated rings. The van der Waals surface area contributed by atoms with Gasteiger partial charge in [-0.2, -0.15) is 8.78 Å². The molecule has 0 aliphatic rings. The average Bonchev–Trinajstić information content (AvgIpc) is 2.74. The lowest BCUT2D eigenvalue weighted by molar-refractivity contribution is -0.117. The minimum absolute atomic E-state index is 0.0503. The van der Waals surface area contributed by atoms with Gasteiger partial charge in [0.25, 0.3) is 0 Å². The summed E-state index contributed by atoms with van der Waals surface area (Å²) in [5.74, 6) is -4.81. The van der Waals surface area contributed by atoms with Crippen LogP contribution in [0.3, 0.4) is 0 Å². The fourth-order valence-corrected chi connectivity index (χ4v) is 1.55. The van der Waals surface area contributed by atoms with Crippen molar-refractivity contribution < 1.29 is 27.1 Å². The van der Waals surface area contributed by atoms with Gasteiger partial charge in [-0.1, -0.05) is 11.3 Å². The minimum atomic E-state index is -4.14. The third kappa shape index (κ3) is 3.55. The molecule has 1 rings (SSSR count). The Labute approximate surface area is 97.6 Å². The van der Waals surface area contributed by atoms with E-state index in [4.69, 9.17) is 0 Å². The monoisotopic (exact) mass is 272 g/mol. The second kappa shape index (κ2) is 5.30. The number of nitrogens with zero attached hydrogens (tertiary/aromatic N) is 1. The van der Waals surface area contributed by atoms with Gasteiger partial charge in [-0.3, -0.25) is 0 Å². The molecule has 0 saturated carbocycles. The van der Waals surface area contributed by atoms with Gasteiger partial charge in [0.15, 0.2) is 5.13 Å². The van der Waals surface area contributed by atoms with Crippen LogP contribution in [-0.4, -0.2) is 37.0 Å². The minimum Gasteiger partial charge on any atom is -0.465 e. The summed E-state index contributed by atoms with van der Waals surface area (Å²) in [7, 11) is 1.15. The normalized spacial score (nSPS) is 11.6. The van der Waals surface area contributed by atoms with Crippen LogP contribution in [0.5, 0.6) is 0 Å². The number of esters is 1. The number of halogens is 4. The summed E-state index contributed by atoms with van der Waals surface area (Å²) in [6, 6.07) is 0. The quantitative estimate of drug-likeness (QED) is 0.659. The van der Waals surface area contributed by atoms with Crippen LogP contribution in [0, 0.1) is 0 Å². The molecule has 0 aromatic carbocycles. The van der Waals surface area contributed by atoms with Crippen molar-refractivity contribution in [3.05, 3.63) is 11.1 Å². The molecule has 1 heterocycles. The lowest BCUT2D eigenvalue weighted by atomic mass is 10.3. The van der Waals surface area contributed by atoms with Crippen molar-refractivity contribution in [1.82, 2.24) is 4.98 Å². The van der Waals surface area contributed by atoms with Crippen LogP contribution in [-0.2, 0) is 4.74 Å². The third-order valence-electron chi connectivity index (χ3n) is 1.69. The number of alkyl halides is 4. The fourth-order valence-electron chi connectivity index (χ4n) is 0.821. The predicted molar refractivity (Wildman–Crippen MR) is 52.9 cm³/mol. The first-order valence-electron chi connectivity index (χ1n) is 4.31. The second-order valence-corrected chi connectivity index (χ2v) is 3.97. The smallest absolute Gasteiger partial charge is 0.349 e. The van der Waals surface area contributed by atoms with Crippen LogP contribution < -0.4 is 5.32 Å². The van der Waals surface area contributed by atoms with E-state index in [0.29, 0.717) is 0 Å². The Balaban J connectivity index is 2.59. The lowest BCUT2D eigenvalue weighted by Crippen LogP contribution is -2.34. The maximum Gasteiger partial charge on any atom is 0.349 e. The summed E-state index contributed by atoms with van der Waals surface area (Å²) in [6.45, 7) is -1.25. The van der Waals surface area contributed by atoms with Gasteiger partial charge in [0, 0.05) is 0 Å². The molecule has 0 amide bonds. The van der Waals surface area contributed by atoms with E-state index < -0.39 is 24.9 Å². The third-order valence-corrected chi connectivity index (χ3v) is 2.62. The number of nitrogens with one attached hydrogen (secondary N) is 1. The van der Waals surface area contributed by atoms with Crippen molar-refractivity contribution in [3.63, 3.8) is 0 Å². The van der Waals surface area contributed by atoms with Crippen LogP contribution in [0.15, 0.2) is 6.20 Å². The number of aromatic nitrogens is 1. The zero-order valence-corrected chi connectivity index (χ0v) is 9.36. The number of hydrogen-bond donors (Lipinski definition) is 1. The van der Waals surface area contributed by atoms with Crippen LogP contribution in [0.4, 0.5) is 22.7 Å². The van der Waals surface area contributed by atoms with Crippen molar-refractivity contribution in [2.45, 2.75) is 12.3 Å². The van der Waals surface area contributed by atoms with Gasteiger partial charge >= 0.3 is 18.3 Å². The molecule has 0 aliphatic heterocycles. The summed E-state index contributed by atoms with van der Waals surface area (Å²) in [5, 5.41) is 1.98. The standard InChI is InChI=1S/C8H8F4N2O2S/c1-16-5(15)4-2-13-7(17-4)14-3-8(11,12)6(9)10/h2,6H,3H2,1H3,(H,13,14). The Morgan fingerprint density at radius 2 is 2.29 bits per heavy atom. The summed E-state index contributed by atoms with van der Waals surface area (Å²) in [5.41, 5.74) is 0. The fraction of sp³-hybridized carbons (Fsp3) is 0.500. The molecule has 0 atom stereocenters. The van der Waals surface area contributed by atoms with Crippen LogP contribution >= 0.6 is 11.3 Å². The number of carbonyl (C=O) groups is 1. The highest BCUT2D eigenvalue weighted by Crippen LogP contribution is 2.25. The zero-order valence-electron chi connectivity index (χ0n) is 8.55. The molecule has 4 nitrogen and oxygen atoms in total. The van der Waals surface area contributed by atoms with Gasteiger partial charge in [0.05, 0.1) is 19.9 Å².